The van der Waals surface area contributed by atoms with Gasteiger partial charge >= 0.3 is 0 Å². The van der Waals surface area contributed by atoms with Crippen molar-refractivity contribution in [1.82, 2.24) is 14.9 Å². The van der Waals surface area contributed by atoms with Gasteiger partial charge in [0.25, 0.3) is 5.91 Å². The third-order valence-corrected chi connectivity index (χ3v) is 3.39. The predicted octanol–water partition coefficient (Wildman–Crippen LogP) is 3.10. The lowest BCUT2D eigenvalue weighted by atomic mass is 10.2. The van der Waals surface area contributed by atoms with E-state index >= 15 is 0 Å². The molecule has 4 nitrogen and oxygen atoms in total. The second-order valence-electron chi connectivity index (χ2n) is 4.32. The maximum Gasteiger partial charge on any atom is 0.255 e. The lowest BCUT2D eigenvalue weighted by Gasteiger charge is -2.17. The molecule has 0 saturated heterocycles. The molecule has 2 aromatic rings. The number of halogens is 2. The molecule has 0 bridgehead atoms. The molecule has 2 rings (SSSR count). The van der Waals surface area contributed by atoms with E-state index in [-0.39, 0.29) is 11.1 Å². The Kier molecular flexibility index (Phi) is 4.93. The first-order chi connectivity index (χ1) is 9.58. The van der Waals surface area contributed by atoms with Crippen LogP contribution in [0.5, 0.6) is 0 Å². The number of carbonyl (C=O) groups excluding carboxylic acids is 1. The summed E-state index contributed by atoms with van der Waals surface area (Å²) in [5.74, 6) is -0.173. The van der Waals surface area contributed by atoms with Crippen LogP contribution in [0.4, 0.5) is 0 Å². The molecular formula is C14H13Cl2N3O. The van der Waals surface area contributed by atoms with Crippen molar-refractivity contribution in [3.8, 4) is 0 Å². The van der Waals surface area contributed by atoms with Gasteiger partial charge in [-0.1, -0.05) is 23.2 Å². The Bertz CT molecular complexity index is 605. The molecule has 20 heavy (non-hydrogen) atoms. The Morgan fingerprint density at radius 3 is 2.70 bits per heavy atom. The van der Waals surface area contributed by atoms with Gasteiger partial charge in [0.05, 0.1) is 10.6 Å². The van der Waals surface area contributed by atoms with Crippen LogP contribution in [-0.4, -0.2) is 34.4 Å². The second kappa shape index (κ2) is 6.68. The molecule has 0 fully saturated rings. The first-order valence-corrected chi connectivity index (χ1v) is 6.79. The van der Waals surface area contributed by atoms with Crippen molar-refractivity contribution in [2.45, 2.75) is 6.42 Å². The topological polar surface area (TPSA) is 46.1 Å². The van der Waals surface area contributed by atoms with Gasteiger partial charge in [0, 0.05) is 32.2 Å². The van der Waals surface area contributed by atoms with Crippen LogP contribution in [0.2, 0.25) is 10.2 Å². The van der Waals surface area contributed by atoms with Crippen molar-refractivity contribution in [2.24, 2.45) is 0 Å². The normalized spacial score (nSPS) is 10.3. The highest BCUT2D eigenvalue weighted by Gasteiger charge is 2.16. The zero-order valence-corrected chi connectivity index (χ0v) is 12.4. The van der Waals surface area contributed by atoms with E-state index in [9.17, 15) is 4.79 Å². The fourth-order valence-corrected chi connectivity index (χ4v) is 2.07. The van der Waals surface area contributed by atoms with Crippen LogP contribution >= 0.6 is 23.2 Å². The van der Waals surface area contributed by atoms with E-state index in [1.165, 1.54) is 12.3 Å². The van der Waals surface area contributed by atoms with Crippen molar-refractivity contribution in [3.05, 3.63) is 58.1 Å². The van der Waals surface area contributed by atoms with Gasteiger partial charge in [-0.3, -0.25) is 9.78 Å². The second-order valence-corrected chi connectivity index (χ2v) is 5.11. The van der Waals surface area contributed by atoms with Gasteiger partial charge in [-0.25, -0.2) is 4.98 Å². The van der Waals surface area contributed by atoms with Gasteiger partial charge in [-0.05, 0) is 30.2 Å². The molecule has 6 heteroatoms. The van der Waals surface area contributed by atoms with Gasteiger partial charge in [0.2, 0.25) is 0 Å². The van der Waals surface area contributed by atoms with Crippen LogP contribution in [0.25, 0.3) is 0 Å². The zero-order valence-electron chi connectivity index (χ0n) is 10.9. The number of nitrogens with zero attached hydrogens (tertiary/aromatic N) is 3. The number of hydrogen-bond donors (Lipinski definition) is 0. The smallest absolute Gasteiger partial charge is 0.255 e. The number of carbonyl (C=O) groups is 1. The van der Waals surface area contributed by atoms with E-state index in [1.54, 1.807) is 24.3 Å². The van der Waals surface area contributed by atoms with E-state index in [1.807, 2.05) is 12.1 Å². The number of likely N-dealkylation sites (N-methyl/N-ethyl adjacent to an activating group) is 1. The molecule has 0 aliphatic carbocycles. The molecule has 0 atom stereocenters. The van der Waals surface area contributed by atoms with Gasteiger partial charge in [0.1, 0.15) is 5.15 Å². The molecule has 0 aromatic carbocycles. The first kappa shape index (κ1) is 14.8. The number of pyridine rings is 2. The summed E-state index contributed by atoms with van der Waals surface area (Å²) in [7, 11) is 1.73. The maximum absolute atomic E-state index is 12.3. The Labute approximate surface area is 127 Å². The fraction of sp³-hybridized carbons (Fsp3) is 0.214. The van der Waals surface area contributed by atoms with Crippen molar-refractivity contribution in [2.75, 3.05) is 13.6 Å². The Hall–Kier alpha value is -1.65. The summed E-state index contributed by atoms with van der Waals surface area (Å²) >= 11 is 11.8. The molecule has 0 aliphatic rings. The summed E-state index contributed by atoms with van der Waals surface area (Å²) in [5, 5.41) is 0.551. The van der Waals surface area contributed by atoms with E-state index in [2.05, 4.69) is 9.97 Å². The summed E-state index contributed by atoms with van der Waals surface area (Å²) in [5.41, 5.74) is 1.49. The van der Waals surface area contributed by atoms with E-state index in [0.717, 1.165) is 12.0 Å². The summed E-state index contributed by atoms with van der Waals surface area (Å²) in [6.45, 7) is 0.582. The molecular weight excluding hydrogens is 297 g/mol. The quantitative estimate of drug-likeness (QED) is 0.815. The monoisotopic (exact) mass is 309 g/mol. The van der Waals surface area contributed by atoms with Gasteiger partial charge in [-0.2, -0.15) is 0 Å². The minimum Gasteiger partial charge on any atom is -0.341 e. The van der Waals surface area contributed by atoms with Gasteiger partial charge < -0.3 is 4.90 Å². The molecule has 0 saturated carbocycles. The highest BCUT2D eigenvalue weighted by atomic mass is 35.5. The maximum atomic E-state index is 12.3. The van der Waals surface area contributed by atoms with Crippen molar-refractivity contribution < 1.29 is 4.79 Å². The van der Waals surface area contributed by atoms with Gasteiger partial charge in [-0.15, -0.1) is 0 Å². The third kappa shape index (κ3) is 3.68. The van der Waals surface area contributed by atoms with E-state index in [4.69, 9.17) is 23.2 Å². The number of amides is 1. The summed E-state index contributed by atoms with van der Waals surface area (Å²) in [6.07, 6.45) is 5.60. The minimum atomic E-state index is -0.173. The van der Waals surface area contributed by atoms with Crippen LogP contribution in [0.1, 0.15) is 15.9 Å². The van der Waals surface area contributed by atoms with Crippen LogP contribution in [0.15, 0.2) is 36.8 Å². The molecule has 2 aromatic heterocycles. The minimum absolute atomic E-state index is 0.173. The molecule has 0 spiro atoms. The van der Waals surface area contributed by atoms with Crippen LogP contribution < -0.4 is 0 Å². The van der Waals surface area contributed by atoms with Crippen molar-refractivity contribution in [3.63, 3.8) is 0 Å². The SMILES string of the molecule is CN(CCc1ccncc1)C(=O)c1cc(Cl)ncc1Cl. The van der Waals surface area contributed by atoms with Crippen LogP contribution in [-0.2, 0) is 6.42 Å². The average molecular weight is 310 g/mol. The Morgan fingerprint density at radius 1 is 1.30 bits per heavy atom. The van der Waals surface area contributed by atoms with Gasteiger partial charge in [0.15, 0.2) is 0 Å². The summed E-state index contributed by atoms with van der Waals surface area (Å²) in [6, 6.07) is 5.33. The predicted molar refractivity (Wildman–Crippen MR) is 79.2 cm³/mol. The lowest BCUT2D eigenvalue weighted by Crippen LogP contribution is -2.29. The van der Waals surface area contributed by atoms with Crippen LogP contribution in [0.3, 0.4) is 0 Å². The lowest BCUT2D eigenvalue weighted by molar-refractivity contribution is 0.0796. The standard InChI is InChI=1S/C14H13Cl2N3O/c1-19(7-4-10-2-5-17-6-3-10)14(20)11-8-13(16)18-9-12(11)15/h2-3,5-6,8-9H,4,7H2,1H3. The number of hydrogen-bond acceptors (Lipinski definition) is 3. The molecule has 0 aliphatic heterocycles. The van der Waals surface area contributed by atoms with Crippen molar-refractivity contribution in [1.29, 1.82) is 0 Å². The molecule has 0 radical (unpaired) electrons. The highest BCUT2D eigenvalue weighted by molar-refractivity contribution is 6.35. The zero-order chi connectivity index (χ0) is 14.5. The number of rotatable bonds is 4. The van der Waals surface area contributed by atoms with Crippen molar-refractivity contribution >= 4 is 29.1 Å². The highest BCUT2D eigenvalue weighted by Crippen LogP contribution is 2.19. The Balaban J connectivity index is 2.03. The molecule has 0 N–H and O–H groups in total. The molecule has 2 heterocycles. The third-order valence-electron chi connectivity index (χ3n) is 2.88. The fourth-order valence-electron chi connectivity index (χ4n) is 1.73. The van der Waals surface area contributed by atoms with Crippen LogP contribution in [0, 0.1) is 0 Å². The largest absolute Gasteiger partial charge is 0.341 e. The summed E-state index contributed by atoms with van der Waals surface area (Å²) < 4.78 is 0. The average Bonchev–Trinajstić information content (AvgIpc) is 2.47. The molecule has 1 amide bonds. The molecule has 104 valence electrons. The van der Waals surface area contributed by atoms with E-state index < -0.39 is 0 Å². The summed E-state index contributed by atoms with van der Waals surface area (Å²) in [4.78, 5) is 21.7. The number of aromatic nitrogens is 2. The first-order valence-electron chi connectivity index (χ1n) is 6.03. The Morgan fingerprint density at radius 2 is 2.00 bits per heavy atom. The van der Waals surface area contributed by atoms with E-state index in [0.29, 0.717) is 17.1 Å². The molecule has 0 unspecified atom stereocenters.